The van der Waals surface area contributed by atoms with Crippen molar-refractivity contribution in [3.05, 3.63) is 60.2 Å². The zero-order chi connectivity index (χ0) is 13.5. The SMILES string of the molecule is CN(CCOc1cccc(C#N)c1)c1ccccc1. The van der Waals surface area contributed by atoms with Gasteiger partial charge in [0.2, 0.25) is 0 Å². The highest BCUT2D eigenvalue weighted by atomic mass is 16.5. The van der Waals surface area contributed by atoms with Gasteiger partial charge in [0.05, 0.1) is 18.2 Å². The summed E-state index contributed by atoms with van der Waals surface area (Å²) in [6, 6.07) is 19.5. The number of para-hydroxylation sites is 1. The number of hydrogen-bond acceptors (Lipinski definition) is 3. The topological polar surface area (TPSA) is 36.3 Å². The summed E-state index contributed by atoms with van der Waals surface area (Å²) in [7, 11) is 2.03. The molecule has 0 heterocycles. The van der Waals surface area contributed by atoms with Gasteiger partial charge in [0.15, 0.2) is 0 Å². The minimum atomic E-state index is 0.584. The van der Waals surface area contributed by atoms with Crippen LogP contribution in [0.15, 0.2) is 54.6 Å². The molecule has 19 heavy (non-hydrogen) atoms. The quantitative estimate of drug-likeness (QED) is 0.820. The van der Waals surface area contributed by atoms with Gasteiger partial charge in [-0.1, -0.05) is 24.3 Å². The summed E-state index contributed by atoms with van der Waals surface area (Å²) in [5.74, 6) is 0.737. The van der Waals surface area contributed by atoms with Crippen LogP contribution in [0, 0.1) is 11.3 Å². The van der Waals surface area contributed by atoms with Gasteiger partial charge in [0.1, 0.15) is 12.4 Å². The van der Waals surface area contributed by atoms with Gasteiger partial charge in [-0.05, 0) is 30.3 Å². The van der Waals surface area contributed by atoms with Gasteiger partial charge in [0, 0.05) is 12.7 Å². The predicted molar refractivity (Wildman–Crippen MR) is 76.4 cm³/mol. The molecule has 0 N–H and O–H groups in total. The zero-order valence-electron chi connectivity index (χ0n) is 10.9. The number of nitriles is 1. The molecule has 2 rings (SSSR count). The molecule has 0 amide bonds. The molecule has 2 aromatic rings. The molecule has 0 fully saturated rings. The molecule has 0 aliphatic rings. The molecule has 0 aliphatic heterocycles. The van der Waals surface area contributed by atoms with E-state index in [4.69, 9.17) is 10.00 Å². The first-order valence-corrected chi connectivity index (χ1v) is 6.19. The second kappa shape index (κ2) is 6.46. The first-order valence-electron chi connectivity index (χ1n) is 6.19. The second-order valence-electron chi connectivity index (χ2n) is 4.25. The molecule has 3 nitrogen and oxygen atoms in total. The Hall–Kier alpha value is -2.47. The van der Waals surface area contributed by atoms with Gasteiger partial charge in [0.25, 0.3) is 0 Å². The molecule has 0 spiro atoms. The van der Waals surface area contributed by atoms with E-state index in [1.165, 1.54) is 0 Å². The van der Waals surface area contributed by atoms with Gasteiger partial charge in [-0.2, -0.15) is 5.26 Å². The maximum absolute atomic E-state index is 8.81. The summed E-state index contributed by atoms with van der Waals surface area (Å²) >= 11 is 0. The van der Waals surface area contributed by atoms with Crippen molar-refractivity contribution in [3.63, 3.8) is 0 Å². The fourth-order valence-electron chi connectivity index (χ4n) is 1.77. The van der Waals surface area contributed by atoms with Crippen molar-refractivity contribution in [2.24, 2.45) is 0 Å². The lowest BCUT2D eigenvalue weighted by Crippen LogP contribution is -2.23. The molecule has 0 saturated carbocycles. The molecular formula is C16H16N2O. The number of benzene rings is 2. The fourth-order valence-corrected chi connectivity index (χ4v) is 1.77. The molecule has 0 aliphatic carbocycles. The number of likely N-dealkylation sites (N-methyl/N-ethyl adjacent to an activating group) is 1. The van der Waals surface area contributed by atoms with Crippen LogP contribution in [-0.2, 0) is 0 Å². The predicted octanol–water partition coefficient (Wildman–Crippen LogP) is 3.07. The van der Waals surface area contributed by atoms with Crippen molar-refractivity contribution in [2.45, 2.75) is 0 Å². The van der Waals surface area contributed by atoms with Gasteiger partial charge in [-0.15, -0.1) is 0 Å². The van der Waals surface area contributed by atoms with E-state index < -0.39 is 0 Å². The van der Waals surface area contributed by atoms with Gasteiger partial charge < -0.3 is 9.64 Å². The Morgan fingerprint density at radius 2 is 1.89 bits per heavy atom. The van der Waals surface area contributed by atoms with Gasteiger partial charge in [-0.25, -0.2) is 0 Å². The van der Waals surface area contributed by atoms with Gasteiger partial charge in [-0.3, -0.25) is 0 Å². The van der Waals surface area contributed by atoms with Crippen LogP contribution in [0.5, 0.6) is 5.75 Å². The Kier molecular flexibility index (Phi) is 4.41. The lowest BCUT2D eigenvalue weighted by Gasteiger charge is -2.19. The zero-order valence-corrected chi connectivity index (χ0v) is 10.9. The van der Waals surface area contributed by atoms with E-state index in [1.807, 2.05) is 37.4 Å². The molecule has 0 bridgehead atoms. The summed E-state index contributed by atoms with van der Waals surface area (Å²) in [6.45, 7) is 1.38. The number of ether oxygens (including phenoxy) is 1. The Morgan fingerprint density at radius 3 is 2.63 bits per heavy atom. The van der Waals surface area contributed by atoms with Crippen LogP contribution in [0.3, 0.4) is 0 Å². The lowest BCUT2D eigenvalue weighted by atomic mass is 10.2. The van der Waals surface area contributed by atoms with E-state index in [0.717, 1.165) is 18.0 Å². The third-order valence-corrected chi connectivity index (χ3v) is 2.86. The minimum absolute atomic E-state index is 0.584. The minimum Gasteiger partial charge on any atom is -0.492 e. The normalized spacial score (nSPS) is 9.68. The summed E-state index contributed by atoms with van der Waals surface area (Å²) < 4.78 is 5.65. The summed E-state index contributed by atoms with van der Waals surface area (Å²) in [5.41, 5.74) is 1.78. The maximum atomic E-state index is 8.81. The Bertz CT molecular complexity index is 560. The number of nitrogens with zero attached hydrogens (tertiary/aromatic N) is 2. The third-order valence-electron chi connectivity index (χ3n) is 2.86. The van der Waals surface area contributed by atoms with Crippen molar-refractivity contribution in [1.29, 1.82) is 5.26 Å². The molecular weight excluding hydrogens is 236 g/mol. The van der Waals surface area contributed by atoms with Crippen molar-refractivity contribution in [3.8, 4) is 11.8 Å². The third kappa shape index (κ3) is 3.75. The summed E-state index contributed by atoms with van der Waals surface area (Å²) in [4.78, 5) is 2.13. The molecule has 0 saturated heterocycles. The molecule has 96 valence electrons. The summed E-state index contributed by atoms with van der Waals surface area (Å²) in [6.07, 6.45) is 0. The molecule has 0 atom stereocenters. The van der Waals surface area contributed by atoms with Crippen molar-refractivity contribution < 1.29 is 4.74 Å². The highest BCUT2D eigenvalue weighted by molar-refractivity contribution is 5.45. The number of anilines is 1. The maximum Gasteiger partial charge on any atom is 0.120 e. The molecule has 0 aromatic heterocycles. The van der Waals surface area contributed by atoms with E-state index in [1.54, 1.807) is 12.1 Å². The fraction of sp³-hybridized carbons (Fsp3) is 0.188. The van der Waals surface area contributed by atoms with Crippen molar-refractivity contribution in [1.82, 2.24) is 0 Å². The van der Waals surface area contributed by atoms with E-state index in [0.29, 0.717) is 12.2 Å². The van der Waals surface area contributed by atoms with E-state index in [9.17, 15) is 0 Å². The van der Waals surface area contributed by atoms with Crippen LogP contribution in [0.1, 0.15) is 5.56 Å². The monoisotopic (exact) mass is 252 g/mol. The van der Waals surface area contributed by atoms with Crippen LogP contribution < -0.4 is 9.64 Å². The second-order valence-corrected chi connectivity index (χ2v) is 4.25. The molecule has 2 aromatic carbocycles. The first-order chi connectivity index (χ1) is 9.29. The van der Waals surface area contributed by atoms with Crippen LogP contribution in [0.2, 0.25) is 0 Å². The Labute approximate surface area is 113 Å². The number of rotatable bonds is 5. The Balaban J connectivity index is 1.85. The highest BCUT2D eigenvalue weighted by Gasteiger charge is 2.00. The van der Waals surface area contributed by atoms with Crippen LogP contribution in [0.4, 0.5) is 5.69 Å². The van der Waals surface area contributed by atoms with Crippen LogP contribution in [0.25, 0.3) is 0 Å². The van der Waals surface area contributed by atoms with Crippen molar-refractivity contribution in [2.75, 3.05) is 25.1 Å². The standard InChI is InChI=1S/C16H16N2O/c1-18(15-7-3-2-4-8-15)10-11-19-16-9-5-6-14(12-16)13-17/h2-9,12H,10-11H2,1H3. The summed E-state index contributed by atoms with van der Waals surface area (Å²) in [5, 5.41) is 8.81. The van der Waals surface area contributed by atoms with Gasteiger partial charge >= 0.3 is 0 Å². The van der Waals surface area contributed by atoms with Crippen molar-refractivity contribution >= 4 is 5.69 Å². The van der Waals surface area contributed by atoms with E-state index in [2.05, 4.69) is 23.1 Å². The first kappa shape index (κ1) is 13.0. The average Bonchev–Trinajstić information content (AvgIpc) is 2.48. The molecule has 3 heteroatoms. The number of hydrogen-bond donors (Lipinski definition) is 0. The Morgan fingerprint density at radius 1 is 1.11 bits per heavy atom. The molecule has 0 radical (unpaired) electrons. The average molecular weight is 252 g/mol. The largest absolute Gasteiger partial charge is 0.492 e. The van der Waals surface area contributed by atoms with E-state index in [-0.39, 0.29) is 0 Å². The van der Waals surface area contributed by atoms with Crippen LogP contribution in [-0.4, -0.2) is 20.2 Å². The highest BCUT2D eigenvalue weighted by Crippen LogP contribution is 2.13. The molecule has 0 unspecified atom stereocenters. The van der Waals surface area contributed by atoms with E-state index >= 15 is 0 Å². The lowest BCUT2D eigenvalue weighted by molar-refractivity contribution is 0.326. The smallest absolute Gasteiger partial charge is 0.120 e. The van der Waals surface area contributed by atoms with Crippen LogP contribution >= 0.6 is 0 Å².